The van der Waals surface area contributed by atoms with Gasteiger partial charge in [-0.05, 0) is 48.5 Å². The quantitative estimate of drug-likeness (QED) is 0.0711. The standard InChI is InChI=1S/C31H31N6PS2.Cu/c1-24(34-36-30(39)32-2)29(25-15-7-3-8-16-25)35-37-31(40)33-23-38(26-17-9-4-10-18-26,27-19-11-5-12-20-27)28-21-13-6-14-22-28;/h3-22H,23H2,1-2H3,(H3-,32,33,34,35,36,37,39,40);/q;+2/p-1. The zero-order valence-corrected chi connectivity index (χ0v) is 26.1. The number of rotatable bonds is 9. The minimum Gasteiger partial charge on any atom is -0.741 e. The van der Waals surface area contributed by atoms with Crippen LogP contribution in [0.25, 0.3) is 0 Å². The number of hydrogen-bond donors (Lipinski definition) is 2. The Morgan fingerprint density at radius 1 is 0.610 bits per heavy atom. The first-order chi connectivity index (χ1) is 19.5. The second-order valence-corrected chi connectivity index (χ2v) is 13.0. The second-order valence-electron chi connectivity index (χ2n) is 8.71. The first-order valence-electron chi connectivity index (χ1n) is 12.7. The molecule has 0 bridgehead atoms. The molecule has 0 unspecified atom stereocenters. The van der Waals surface area contributed by atoms with E-state index in [0.717, 1.165) is 5.56 Å². The normalized spacial score (nSPS) is 12.8. The molecule has 0 aliphatic rings. The molecule has 0 fully saturated rings. The molecule has 0 aromatic heterocycles. The van der Waals surface area contributed by atoms with E-state index in [1.807, 2.05) is 55.5 Å². The fourth-order valence-electron chi connectivity index (χ4n) is 4.24. The van der Waals surface area contributed by atoms with Crippen LogP contribution in [0.1, 0.15) is 12.5 Å². The average Bonchev–Trinajstić information content (AvgIpc) is 3.02. The van der Waals surface area contributed by atoms with Crippen LogP contribution in [0.2, 0.25) is 0 Å². The molecule has 4 aromatic rings. The van der Waals surface area contributed by atoms with E-state index in [9.17, 15) is 0 Å². The van der Waals surface area contributed by atoms with Gasteiger partial charge in [0, 0.05) is 17.8 Å². The molecule has 0 aliphatic carbocycles. The van der Waals surface area contributed by atoms with Crippen molar-refractivity contribution in [3.63, 3.8) is 0 Å². The van der Waals surface area contributed by atoms with Crippen molar-refractivity contribution >= 4 is 70.2 Å². The molecule has 10 heteroatoms. The van der Waals surface area contributed by atoms with Gasteiger partial charge in [-0.15, -0.1) is 5.10 Å². The molecular formula is C31H30CuN6PS2+. The van der Waals surface area contributed by atoms with Crippen LogP contribution in [0.15, 0.2) is 142 Å². The molecular weight excluding hydrogens is 615 g/mol. The Kier molecular flexibility index (Phi) is 12.6. The van der Waals surface area contributed by atoms with E-state index in [0.29, 0.717) is 17.7 Å². The molecule has 0 saturated carbocycles. The van der Waals surface area contributed by atoms with Crippen molar-refractivity contribution in [3.05, 3.63) is 127 Å². The molecule has 6 nitrogen and oxygen atoms in total. The second kappa shape index (κ2) is 16.1. The first-order valence-corrected chi connectivity index (χ1v) is 15.5. The van der Waals surface area contributed by atoms with Gasteiger partial charge in [0.25, 0.3) is 0 Å². The third-order valence-electron chi connectivity index (χ3n) is 6.19. The van der Waals surface area contributed by atoms with Crippen LogP contribution in [-0.2, 0) is 42.3 Å². The Morgan fingerprint density at radius 3 is 1.46 bits per heavy atom. The summed E-state index contributed by atoms with van der Waals surface area (Å²) < 4.78 is 0. The molecule has 4 rings (SSSR count). The molecule has 0 saturated heterocycles. The van der Waals surface area contributed by atoms with Gasteiger partial charge in [-0.2, -0.15) is 15.3 Å². The van der Waals surface area contributed by atoms with Crippen LogP contribution in [-0.4, -0.2) is 35.1 Å². The van der Waals surface area contributed by atoms with Gasteiger partial charge in [0.1, 0.15) is 35.2 Å². The molecule has 0 spiro atoms. The minimum atomic E-state index is -2.12. The number of nitrogens with one attached hydrogen (secondary N) is 2. The molecule has 0 amide bonds. The minimum absolute atomic E-state index is 0. The maximum Gasteiger partial charge on any atom is 2.00 e. The Hall–Kier alpha value is -3.45. The van der Waals surface area contributed by atoms with Gasteiger partial charge >= 0.3 is 17.1 Å². The van der Waals surface area contributed by atoms with Crippen LogP contribution >= 0.6 is 7.26 Å². The summed E-state index contributed by atoms with van der Waals surface area (Å²) in [5, 5.41) is 27.7. The first kappa shape index (κ1) is 32.1. The largest absolute Gasteiger partial charge is 2.00 e. The van der Waals surface area contributed by atoms with Crippen LogP contribution in [0, 0.1) is 0 Å². The van der Waals surface area contributed by atoms with E-state index in [2.05, 4.69) is 104 Å². The summed E-state index contributed by atoms with van der Waals surface area (Å²) in [6, 6.07) is 41.5. The third kappa shape index (κ3) is 8.29. The van der Waals surface area contributed by atoms with Crippen LogP contribution in [0.5, 0.6) is 0 Å². The zero-order valence-electron chi connectivity index (χ0n) is 22.6. The molecule has 0 heterocycles. The van der Waals surface area contributed by atoms with Gasteiger partial charge in [-0.3, -0.25) is 0 Å². The molecule has 0 aliphatic heterocycles. The third-order valence-corrected chi connectivity index (χ3v) is 10.9. The molecule has 0 atom stereocenters. The molecule has 41 heavy (non-hydrogen) atoms. The van der Waals surface area contributed by atoms with Crippen LogP contribution in [0.4, 0.5) is 0 Å². The van der Waals surface area contributed by atoms with Gasteiger partial charge in [-0.25, -0.2) is 0 Å². The summed E-state index contributed by atoms with van der Waals surface area (Å²) in [6.45, 7) is 1.82. The van der Waals surface area contributed by atoms with Crippen molar-refractivity contribution in [2.45, 2.75) is 6.92 Å². The van der Waals surface area contributed by atoms with Crippen molar-refractivity contribution in [1.29, 1.82) is 0 Å². The van der Waals surface area contributed by atoms with Gasteiger partial charge in [0.2, 0.25) is 0 Å². The van der Waals surface area contributed by atoms with Crippen LogP contribution < -0.4 is 26.5 Å². The van der Waals surface area contributed by atoms with Crippen molar-refractivity contribution in [1.82, 2.24) is 10.6 Å². The van der Waals surface area contributed by atoms with Gasteiger partial charge < -0.3 is 35.9 Å². The summed E-state index contributed by atoms with van der Waals surface area (Å²) in [5.41, 5.74) is 1.97. The maximum atomic E-state index is 5.69. The SMILES string of the molecule is CN/C([S-])=N/N=C(C)/C(=N/N=C(\[S-])NC[P+](c1ccccc1)(c1ccccc1)c1ccccc1)c1ccccc1.[Cu+2]. The van der Waals surface area contributed by atoms with E-state index in [4.69, 9.17) is 25.3 Å². The maximum absolute atomic E-state index is 5.69. The topological polar surface area (TPSA) is 73.5 Å². The average molecular weight is 645 g/mol. The van der Waals surface area contributed by atoms with Crippen molar-refractivity contribution in [2.24, 2.45) is 20.4 Å². The van der Waals surface area contributed by atoms with Crippen molar-refractivity contribution < 1.29 is 17.1 Å². The van der Waals surface area contributed by atoms with E-state index in [1.54, 1.807) is 7.05 Å². The summed E-state index contributed by atoms with van der Waals surface area (Å²) in [7, 11) is -0.424. The van der Waals surface area contributed by atoms with Crippen molar-refractivity contribution in [3.8, 4) is 0 Å². The fraction of sp³-hybridized carbons (Fsp3) is 0.0968. The molecule has 1 radical (unpaired) electrons. The summed E-state index contributed by atoms with van der Waals surface area (Å²) in [4.78, 5) is 0. The summed E-state index contributed by atoms with van der Waals surface area (Å²) >= 11 is 10.8. The Balaban J connectivity index is 0.00000462. The summed E-state index contributed by atoms with van der Waals surface area (Å²) in [5.74, 6) is 0. The number of hydrogen-bond acceptors (Lipinski definition) is 6. The van der Waals surface area contributed by atoms with E-state index in [1.165, 1.54) is 15.9 Å². The van der Waals surface area contributed by atoms with Crippen LogP contribution in [0.3, 0.4) is 0 Å². The van der Waals surface area contributed by atoms with Crippen molar-refractivity contribution in [2.75, 3.05) is 13.3 Å². The monoisotopic (exact) mass is 644 g/mol. The van der Waals surface area contributed by atoms with Gasteiger partial charge in [0.15, 0.2) is 0 Å². The summed E-state index contributed by atoms with van der Waals surface area (Å²) in [6.07, 6.45) is 0.586. The van der Waals surface area contributed by atoms with Gasteiger partial charge in [-0.1, -0.05) is 84.9 Å². The predicted octanol–water partition coefficient (Wildman–Crippen LogP) is 4.33. The van der Waals surface area contributed by atoms with E-state index in [-0.39, 0.29) is 27.4 Å². The predicted molar refractivity (Wildman–Crippen MR) is 178 cm³/mol. The Morgan fingerprint density at radius 2 is 1.02 bits per heavy atom. The number of benzene rings is 4. The van der Waals surface area contributed by atoms with E-state index < -0.39 is 7.26 Å². The zero-order chi connectivity index (χ0) is 28.2. The Labute approximate surface area is 264 Å². The Bertz CT molecular complexity index is 1400. The fourth-order valence-corrected chi connectivity index (χ4v) is 8.37. The smallest absolute Gasteiger partial charge is 0.741 e. The van der Waals surface area contributed by atoms with Gasteiger partial charge in [0.05, 0.1) is 5.71 Å². The number of amidine groups is 2. The molecule has 211 valence electrons. The molecule has 4 aromatic carbocycles. The molecule has 2 N–H and O–H groups in total. The number of nitrogens with zero attached hydrogens (tertiary/aromatic N) is 4. The van der Waals surface area contributed by atoms with E-state index >= 15 is 0 Å².